The monoisotopic (exact) mass is 322 g/mol. The van der Waals surface area contributed by atoms with Gasteiger partial charge >= 0.3 is 0 Å². The zero-order valence-corrected chi connectivity index (χ0v) is 11.3. The lowest BCUT2D eigenvalue weighted by Crippen LogP contribution is -2.02. The van der Waals surface area contributed by atoms with E-state index in [1.807, 2.05) is 6.07 Å². The minimum absolute atomic E-state index is 0.262. The van der Waals surface area contributed by atoms with Crippen LogP contribution in [0.25, 0.3) is 0 Å². The highest BCUT2D eigenvalue weighted by Gasteiger charge is 2.04. The van der Waals surface area contributed by atoms with E-state index in [4.69, 9.17) is 5.26 Å². The van der Waals surface area contributed by atoms with E-state index in [0.29, 0.717) is 16.6 Å². The molecule has 1 N–H and O–H groups in total. The molecule has 5 heteroatoms. The number of hydrogen-bond donors (Lipinski definition) is 1. The van der Waals surface area contributed by atoms with Crippen LogP contribution in [0.1, 0.15) is 11.1 Å². The van der Waals surface area contributed by atoms with Crippen LogP contribution in [0.15, 0.2) is 40.9 Å². The molecule has 0 aliphatic heterocycles. The number of halogens is 3. The van der Waals surface area contributed by atoms with E-state index in [0.717, 1.165) is 6.07 Å². The molecule has 0 saturated heterocycles. The van der Waals surface area contributed by atoms with Gasteiger partial charge in [-0.1, -0.05) is 6.07 Å². The van der Waals surface area contributed by atoms with Crippen LogP contribution < -0.4 is 5.32 Å². The Hall–Kier alpha value is -1.93. The normalized spacial score (nSPS) is 10.0. The van der Waals surface area contributed by atoms with Crippen LogP contribution in [0.2, 0.25) is 0 Å². The first-order chi connectivity index (χ1) is 9.10. The van der Waals surface area contributed by atoms with Crippen molar-refractivity contribution in [2.24, 2.45) is 0 Å². The minimum Gasteiger partial charge on any atom is -0.379 e. The van der Waals surface area contributed by atoms with Crippen LogP contribution in [0.4, 0.5) is 14.5 Å². The highest BCUT2D eigenvalue weighted by molar-refractivity contribution is 9.10. The molecule has 96 valence electrons. The number of hydrogen-bond acceptors (Lipinski definition) is 2. The van der Waals surface area contributed by atoms with Gasteiger partial charge in [0.05, 0.1) is 21.8 Å². The van der Waals surface area contributed by atoms with Gasteiger partial charge in [-0.05, 0) is 51.8 Å². The average Bonchev–Trinajstić information content (AvgIpc) is 2.41. The van der Waals surface area contributed by atoms with Crippen molar-refractivity contribution >= 4 is 21.6 Å². The van der Waals surface area contributed by atoms with Crippen LogP contribution in [0, 0.1) is 23.0 Å². The molecule has 2 nitrogen and oxygen atoms in total. The van der Waals surface area contributed by atoms with Crippen LogP contribution in [-0.4, -0.2) is 0 Å². The summed E-state index contributed by atoms with van der Waals surface area (Å²) in [4.78, 5) is 0. The summed E-state index contributed by atoms with van der Waals surface area (Å²) in [5.74, 6) is -0.865. The molecule has 2 aromatic rings. The fraction of sp³-hybridized carbons (Fsp3) is 0.0714. The van der Waals surface area contributed by atoms with Crippen molar-refractivity contribution in [3.63, 3.8) is 0 Å². The Labute approximate surface area is 117 Å². The highest BCUT2D eigenvalue weighted by Crippen LogP contribution is 2.19. The molecule has 0 amide bonds. The molecule has 0 fully saturated rings. The maximum atomic E-state index is 13.6. The molecule has 0 radical (unpaired) electrons. The number of anilines is 1. The van der Waals surface area contributed by atoms with Crippen LogP contribution in [0.3, 0.4) is 0 Å². The maximum Gasteiger partial charge on any atom is 0.147 e. The molecular weight excluding hydrogens is 314 g/mol. The molecule has 2 rings (SSSR count). The third kappa shape index (κ3) is 3.30. The highest BCUT2D eigenvalue weighted by atomic mass is 79.9. The number of nitrogens with one attached hydrogen (secondary N) is 1. The standard InChI is InChI=1S/C14H9BrF2N2/c15-11-3-1-10(6-12(11)16)8-19-14-4-2-9(7-18)5-13(14)17/h1-6,19H,8H2. The number of nitrogens with zero attached hydrogens (tertiary/aromatic N) is 1. The lowest BCUT2D eigenvalue weighted by molar-refractivity contribution is 0.618. The molecule has 0 atom stereocenters. The van der Waals surface area contributed by atoms with Crippen LogP contribution >= 0.6 is 15.9 Å². The molecular formula is C14H9BrF2N2. The SMILES string of the molecule is N#Cc1ccc(NCc2ccc(Br)c(F)c2)c(F)c1. The second-order valence-corrected chi connectivity index (χ2v) is 4.76. The van der Waals surface area contributed by atoms with Gasteiger partial charge in [-0.3, -0.25) is 0 Å². The van der Waals surface area contributed by atoms with E-state index in [1.165, 1.54) is 18.2 Å². The van der Waals surface area contributed by atoms with Crippen molar-refractivity contribution < 1.29 is 8.78 Å². The molecule has 0 aromatic heterocycles. The van der Waals surface area contributed by atoms with Gasteiger partial charge < -0.3 is 5.32 Å². The van der Waals surface area contributed by atoms with E-state index in [9.17, 15) is 8.78 Å². The second-order valence-electron chi connectivity index (χ2n) is 3.91. The smallest absolute Gasteiger partial charge is 0.147 e. The van der Waals surface area contributed by atoms with Crippen molar-refractivity contribution in [3.05, 3.63) is 63.6 Å². The Morgan fingerprint density at radius 3 is 2.53 bits per heavy atom. The molecule has 0 heterocycles. The molecule has 0 aliphatic carbocycles. The summed E-state index contributed by atoms with van der Waals surface area (Å²) in [5.41, 5.74) is 1.24. The second kappa shape index (κ2) is 5.81. The van der Waals surface area contributed by atoms with E-state index in [2.05, 4.69) is 21.2 Å². The van der Waals surface area contributed by atoms with Gasteiger partial charge in [0.25, 0.3) is 0 Å². The van der Waals surface area contributed by atoms with Crippen molar-refractivity contribution in [1.29, 1.82) is 5.26 Å². The van der Waals surface area contributed by atoms with Gasteiger partial charge in [0.2, 0.25) is 0 Å². The fourth-order valence-corrected chi connectivity index (χ4v) is 1.82. The number of rotatable bonds is 3. The van der Waals surface area contributed by atoms with Crippen molar-refractivity contribution in [1.82, 2.24) is 0 Å². The topological polar surface area (TPSA) is 35.8 Å². The number of nitriles is 1. The van der Waals surface area contributed by atoms with Gasteiger partial charge in [0.1, 0.15) is 11.6 Å². The molecule has 0 unspecified atom stereocenters. The summed E-state index contributed by atoms with van der Waals surface area (Å²) < 4.78 is 27.3. The Morgan fingerprint density at radius 2 is 1.89 bits per heavy atom. The largest absolute Gasteiger partial charge is 0.379 e. The summed E-state index contributed by atoms with van der Waals surface area (Å²) in [7, 11) is 0. The van der Waals surface area contributed by atoms with Crippen LogP contribution in [-0.2, 0) is 6.54 Å². The summed E-state index contributed by atoms with van der Waals surface area (Å²) >= 11 is 3.07. The Bertz CT molecular complexity index is 650. The first kappa shape index (κ1) is 13.5. The van der Waals surface area contributed by atoms with E-state index >= 15 is 0 Å². The predicted octanol–water partition coefficient (Wildman–Crippen LogP) is 4.21. The van der Waals surface area contributed by atoms with Crippen molar-refractivity contribution in [3.8, 4) is 6.07 Å². The lowest BCUT2D eigenvalue weighted by atomic mass is 10.2. The molecule has 0 saturated carbocycles. The van der Waals surface area contributed by atoms with Crippen molar-refractivity contribution in [2.45, 2.75) is 6.54 Å². The van der Waals surface area contributed by atoms with Gasteiger partial charge in [-0.2, -0.15) is 5.26 Å². The summed E-state index contributed by atoms with van der Waals surface area (Å²) in [6.07, 6.45) is 0. The fourth-order valence-electron chi connectivity index (χ4n) is 1.57. The van der Waals surface area contributed by atoms with Gasteiger partial charge in [0, 0.05) is 6.54 Å². The Morgan fingerprint density at radius 1 is 1.11 bits per heavy atom. The maximum absolute atomic E-state index is 13.6. The van der Waals surface area contributed by atoms with Crippen LogP contribution in [0.5, 0.6) is 0 Å². The lowest BCUT2D eigenvalue weighted by Gasteiger charge is -2.08. The van der Waals surface area contributed by atoms with Crippen molar-refractivity contribution in [2.75, 3.05) is 5.32 Å². The molecule has 0 aliphatic rings. The summed E-state index contributed by atoms with van der Waals surface area (Å²) in [6.45, 7) is 0.299. The molecule has 0 spiro atoms. The first-order valence-electron chi connectivity index (χ1n) is 5.47. The first-order valence-corrected chi connectivity index (χ1v) is 6.27. The number of benzene rings is 2. The average molecular weight is 323 g/mol. The predicted molar refractivity (Wildman–Crippen MR) is 72.5 cm³/mol. The Kier molecular flexibility index (Phi) is 4.13. The zero-order chi connectivity index (χ0) is 13.8. The third-order valence-corrected chi connectivity index (χ3v) is 3.21. The quantitative estimate of drug-likeness (QED) is 0.918. The molecule has 0 bridgehead atoms. The van der Waals surface area contributed by atoms with E-state index in [1.54, 1.807) is 12.1 Å². The van der Waals surface area contributed by atoms with Gasteiger partial charge in [-0.25, -0.2) is 8.78 Å². The summed E-state index contributed by atoms with van der Waals surface area (Å²) in [6, 6.07) is 10.7. The molecule has 2 aromatic carbocycles. The summed E-state index contributed by atoms with van der Waals surface area (Å²) in [5, 5.41) is 11.5. The van der Waals surface area contributed by atoms with E-state index in [-0.39, 0.29) is 17.1 Å². The Balaban J connectivity index is 2.10. The van der Waals surface area contributed by atoms with Gasteiger partial charge in [0.15, 0.2) is 0 Å². The zero-order valence-electron chi connectivity index (χ0n) is 9.75. The molecule has 19 heavy (non-hydrogen) atoms. The van der Waals surface area contributed by atoms with E-state index < -0.39 is 5.82 Å². The van der Waals surface area contributed by atoms with Gasteiger partial charge in [-0.15, -0.1) is 0 Å². The third-order valence-electron chi connectivity index (χ3n) is 2.57. The minimum atomic E-state index is -0.503.